The molecule has 86 valence electrons. The van der Waals surface area contributed by atoms with Gasteiger partial charge in [-0.15, -0.1) is 0 Å². The Kier molecular flexibility index (Phi) is 2.40. The van der Waals surface area contributed by atoms with Crippen molar-refractivity contribution in [3.8, 4) is 0 Å². The van der Waals surface area contributed by atoms with Gasteiger partial charge in [0.15, 0.2) is 0 Å². The number of aromatic nitrogens is 2. The minimum absolute atomic E-state index is 0.128. The zero-order valence-corrected chi connectivity index (χ0v) is 9.31. The van der Waals surface area contributed by atoms with Gasteiger partial charge in [0.1, 0.15) is 5.82 Å². The Morgan fingerprint density at radius 2 is 2.29 bits per heavy atom. The van der Waals surface area contributed by atoms with E-state index in [1.165, 1.54) is 23.5 Å². The SMILES string of the molecule is O=c1cc(NCC2Cc3ccccc32)nc[nH]1. The molecule has 0 radical (unpaired) electrons. The van der Waals surface area contributed by atoms with Crippen LogP contribution >= 0.6 is 0 Å². The Bertz CT molecular complexity index is 591. The summed E-state index contributed by atoms with van der Waals surface area (Å²) in [4.78, 5) is 17.6. The van der Waals surface area contributed by atoms with Gasteiger partial charge in [0.05, 0.1) is 6.33 Å². The molecule has 1 atom stereocenters. The maximum absolute atomic E-state index is 11.1. The molecule has 3 rings (SSSR count). The standard InChI is InChI=1S/C13H13N3O/c17-13-6-12(15-8-16-13)14-7-10-5-9-3-1-2-4-11(9)10/h1-4,6,8,10H,5,7H2,(H2,14,15,16,17). The molecule has 0 spiro atoms. The first-order valence-electron chi connectivity index (χ1n) is 5.69. The summed E-state index contributed by atoms with van der Waals surface area (Å²) in [6.07, 6.45) is 2.52. The number of rotatable bonds is 3. The van der Waals surface area contributed by atoms with E-state index in [1.54, 1.807) is 0 Å². The van der Waals surface area contributed by atoms with Crippen LogP contribution in [0.3, 0.4) is 0 Å². The maximum Gasteiger partial charge on any atom is 0.252 e. The number of anilines is 1. The van der Waals surface area contributed by atoms with Gasteiger partial charge in [-0.2, -0.15) is 0 Å². The normalized spacial score (nSPS) is 17.1. The number of benzene rings is 1. The van der Waals surface area contributed by atoms with Crippen molar-refractivity contribution < 1.29 is 0 Å². The zero-order chi connectivity index (χ0) is 11.7. The van der Waals surface area contributed by atoms with Crippen molar-refractivity contribution in [2.45, 2.75) is 12.3 Å². The highest BCUT2D eigenvalue weighted by molar-refractivity contribution is 5.42. The highest BCUT2D eigenvalue weighted by Gasteiger charge is 2.24. The van der Waals surface area contributed by atoms with E-state index in [9.17, 15) is 4.79 Å². The molecular weight excluding hydrogens is 214 g/mol. The van der Waals surface area contributed by atoms with Crippen LogP contribution < -0.4 is 10.9 Å². The van der Waals surface area contributed by atoms with Gasteiger partial charge in [-0.25, -0.2) is 4.98 Å². The fourth-order valence-electron chi connectivity index (χ4n) is 2.24. The zero-order valence-electron chi connectivity index (χ0n) is 9.31. The summed E-state index contributed by atoms with van der Waals surface area (Å²) in [5, 5.41) is 3.20. The van der Waals surface area contributed by atoms with Gasteiger partial charge in [0.25, 0.3) is 5.56 Å². The van der Waals surface area contributed by atoms with Crippen LogP contribution in [0.15, 0.2) is 41.5 Å². The molecule has 1 aliphatic carbocycles. The highest BCUT2D eigenvalue weighted by atomic mass is 16.1. The molecule has 17 heavy (non-hydrogen) atoms. The lowest BCUT2D eigenvalue weighted by Gasteiger charge is -2.30. The lowest BCUT2D eigenvalue weighted by Crippen LogP contribution is -2.24. The molecule has 0 bridgehead atoms. The minimum atomic E-state index is -0.128. The monoisotopic (exact) mass is 227 g/mol. The van der Waals surface area contributed by atoms with Crippen LogP contribution in [-0.2, 0) is 6.42 Å². The first kappa shape index (κ1) is 10.1. The van der Waals surface area contributed by atoms with E-state index in [-0.39, 0.29) is 5.56 Å². The van der Waals surface area contributed by atoms with E-state index in [0.717, 1.165) is 13.0 Å². The molecule has 0 fully saturated rings. The average molecular weight is 227 g/mol. The molecule has 0 amide bonds. The average Bonchev–Trinajstić information content (AvgIpc) is 2.30. The summed E-state index contributed by atoms with van der Waals surface area (Å²) in [7, 11) is 0. The Hall–Kier alpha value is -2.10. The van der Waals surface area contributed by atoms with Crippen LogP contribution in [0.25, 0.3) is 0 Å². The first-order valence-corrected chi connectivity index (χ1v) is 5.69. The third-order valence-corrected chi connectivity index (χ3v) is 3.17. The van der Waals surface area contributed by atoms with Gasteiger partial charge in [-0.3, -0.25) is 4.79 Å². The van der Waals surface area contributed by atoms with E-state index < -0.39 is 0 Å². The predicted octanol–water partition coefficient (Wildman–Crippen LogP) is 1.52. The van der Waals surface area contributed by atoms with Gasteiger partial charge < -0.3 is 10.3 Å². The topological polar surface area (TPSA) is 57.8 Å². The second-order valence-electron chi connectivity index (χ2n) is 4.28. The summed E-state index contributed by atoms with van der Waals surface area (Å²) in [5.41, 5.74) is 2.71. The Labute approximate surface area is 98.7 Å². The van der Waals surface area contributed by atoms with Crippen molar-refractivity contribution in [1.29, 1.82) is 0 Å². The number of fused-ring (bicyclic) bond motifs is 1. The van der Waals surface area contributed by atoms with E-state index >= 15 is 0 Å². The van der Waals surface area contributed by atoms with Crippen LogP contribution in [0.2, 0.25) is 0 Å². The maximum atomic E-state index is 11.1. The Morgan fingerprint density at radius 3 is 3.12 bits per heavy atom. The molecule has 1 unspecified atom stereocenters. The predicted molar refractivity (Wildman–Crippen MR) is 66.2 cm³/mol. The summed E-state index contributed by atoms with van der Waals surface area (Å²) in [6.45, 7) is 0.827. The second-order valence-corrected chi connectivity index (χ2v) is 4.28. The first-order chi connectivity index (χ1) is 8.33. The fraction of sp³-hybridized carbons (Fsp3) is 0.231. The number of H-pyrrole nitrogens is 1. The summed E-state index contributed by atoms with van der Waals surface area (Å²) < 4.78 is 0. The van der Waals surface area contributed by atoms with Crippen LogP contribution in [0.5, 0.6) is 0 Å². The fourth-order valence-corrected chi connectivity index (χ4v) is 2.24. The van der Waals surface area contributed by atoms with Crippen molar-refractivity contribution in [1.82, 2.24) is 9.97 Å². The van der Waals surface area contributed by atoms with Gasteiger partial charge in [0.2, 0.25) is 0 Å². The molecule has 1 aromatic carbocycles. The van der Waals surface area contributed by atoms with Crippen molar-refractivity contribution in [3.05, 3.63) is 58.1 Å². The third kappa shape index (κ3) is 1.93. The van der Waals surface area contributed by atoms with Crippen molar-refractivity contribution in [2.75, 3.05) is 11.9 Å². The third-order valence-electron chi connectivity index (χ3n) is 3.17. The summed E-state index contributed by atoms with van der Waals surface area (Å²) in [6, 6.07) is 9.94. The quantitative estimate of drug-likeness (QED) is 0.835. The molecule has 2 aromatic rings. The second kappa shape index (κ2) is 4.05. The van der Waals surface area contributed by atoms with Crippen molar-refractivity contribution >= 4 is 5.82 Å². The van der Waals surface area contributed by atoms with Crippen molar-refractivity contribution in [3.63, 3.8) is 0 Å². The molecule has 0 aliphatic heterocycles. The molecule has 1 heterocycles. The van der Waals surface area contributed by atoms with E-state index in [1.807, 2.05) is 0 Å². The number of hydrogen-bond donors (Lipinski definition) is 2. The molecule has 0 saturated heterocycles. The van der Waals surface area contributed by atoms with Crippen LogP contribution in [-0.4, -0.2) is 16.5 Å². The van der Waals surface area contributed by atoms with Crippen LogP contribution in [0, 0.1) is 0 Å². The Morgan fingerprint density at radius 1 is 1.41 bits per heavy atom. The summed E-state index contributed by atoms with van der Waals surface area (Å²) in [5.74, 6) is 1.17. The van der Waals surface area contributed by atoms with E-state index in [0.29, 0.717) is 11.7 Å². The number of nitrogens with one attached hydrogen (secondary N) is 2. The van der Waals surface area contributed by atoms with E-state index in [4.69, 9.17) is 0 Å². The Balaban J connectivity index is 1.66. The smallest absolute Gasteiger partial charge is 0.252 e. The lowest BCUT2D eigenvalue weighted by molar-refractivity contribution is 0.634. The van der Waals surface area contributed by atoms with Gasteiger partial charge in [0, 0.05) is 18.5 Å². The molecule has 0 saturated carbocycles. The molecular formula is C13H13N3O. The lowest BCUT2D eigenvalue weighted by atomic mass is 9.78. The van der Waals surface area contributed by atoms with Crippen molar-refractivity contribution in [2.24, 2.45) is 0 Å². The summed E-state index contributed by atoms with van der Waals surface area (Å²) >= 11 is 0. The molecule has 2 N–H and O–H groups in total. The highest BCUT2D eigenvalue weighted by Crippen LogP contribution is 2.34. The molecule has 1 aliphatic rings. The van der Waals surface area contributed by atoms with E-state index in [2.05, 4.69) is 39.6 Å². The van der Waals surface area contributed by atoms with Gasteiger partial charge in [-0.1, -0.05) is 24.3 Å². The van der Waals surface area contributed by atoms with Gasteiger partial charge in [-0.05, 0) is 17.5 Å². The van der Waals surface area contributed by atoms with Gasteiger partial charge >= 0.3 is 0 Å². The van der Waals surface area contributed by atoms with Crippen LogP contribution in [0.4, 0.5) is 5.82 Å². The largest absolute Gasteiger partial charge is 0.369 e. The number of hydrogen-bond acceptors (Lipinski definition) is 3. The molecule has 4 nitrogen and oxygen atoms in total. The molecule has 4 heteroatoms. The number of aromatic amines is 1. The van der Waals surface area contributed by atoms with Crippen LogP contribution in [0.1, 0.15) is 17.0 Å². The number of nitrogens with zero attached hydrogens (tertiary/aromatic N) is 1. The minimum Gasteiger partial charge on any atom is -0.369 e. The molecule has 1 aromatic heterocycles.